The summed E-state index contributed by atoms with van der Waals surface area (Å²) >= 11 is 3.13. The molecule has 0 radical (unpaired) electrons. The maximum Gasteiger partial charge on any atom is 0.337 e. The number of hydrogen-bond donors (Lipinski definition) is 2. The van der Waals surface area contributed by atoms with E-state index < -0.39 is 17.7 Å². The van der Waals surface area contributed by atoms with Crippen molar-refractivity contribution in [3.8, 4) is 0 Å². The molecule has 7 heteroatoms. The normalized spacial score (nSPS) is 10.1. The van der Waals surface area contributed by atoms with E-state index in [0.717, 1.165) is 6.20 Å². The van der Waals surface area contributed by atoms with Crippen LogP contribution >= 0.6 is 15.9 Å². The second-order valence-corrected chi connectivity index (χ2v) is 4.64. The van der Waals surface area contributed by atoms with Crippen LogP contribution in [0.4, 0.5) is 10.1 Å². The standard InChI is InChI=1S/C13H8BrFN2O3/c14-8-2-1-3-9(15)11(8)17-12(18)10-5-4-7(6-16-10)13(19)20/h1-6H,(H,17,18)(H,19,20). The topological polar surface area (TPSA) is 79.3 Å². The maximum absolute atomic E-state index is 13.6. The quantitative estimate of drug-likeness (QED) is 0.901. The number of halogens is 2. The van der Waals surface area contributed by atoms with E-state index in [-0.39, 0.29) is 16.9 Å². The van der Waals surface area contributed by atoms with Crippen LogP contribution < -0.4 is 5.32 Å². The third kappa shape index (κ3) is 3.00. The molecule has 1 heterocycles. The van der Waals surface area contributed by atoms with Crippen LogP contribution in [0.3, 0.4) is 0 Å². The highest BCUT2D eigenvalue weighted by molar-refractivity contribution is 9.10. The van der Waals surface area contributed by atoms with Gasteiger partial charge in [-0.3, -0.25) is 9.78 Å². The molecule has 5 nitrogen and oxygen atoms in total. The van der Waals surface area contributed by atoms with Crippen LogP contribution in [0.1, 0.15) is 20.8 Å². The molecule has 0 bridgehead atoms. The SMILES string of the molecule is O=C(O)c1ccc(C(=O)Nc2c(F)cccc2Br)nc1. The molecule has 0 unspecified atom stereocenters. The van der Waals surface area contributed by atoms with Gasteiger partial charge in [0.25, 0.3) is 5.91 Å². The van der Waals surface area contributed by atoms with Crippen molar-refractivity contribution in [2.24, 2.45) is 0 Å². The van der Waals surface area contributed by atoms with Crippen LogP contribution in [-0.2, 0) is 0 Å². The van der Waals surface area contributed by atoms with Gasteiger partial charge >= 0.3 is 5.97 Å². The largest absolute Gasteiger partial charge is 0.478 e. The lowest BCUT2D eigenvalue weighted by molar-refractivity contribution is 0.0696. The Kier molecular flexibility index (Phi) is 4.09. The number of aromatic nitrogens is 1. The zero-order valence-corrected chi connectivity index (χ0v) is 11.5. The summed E-state index contributed by atoms with van der Waals surface area (Å²) in [5, 5.41) is 11.1. The van der Waals surface area contributed by atoms with Gasteiger partial charge in [0.2, 0.25) is 0 Å². The Labute approximate surface area is 121 Å². The van der Waals surface area contributed by atoms with Gasteiger partial charge in [0, 0.05) is 10.7 Å². The fraction of sp³-hybridized carbons (Fsp3) is 0. The lowest BCUT2D eigenvalue weighted by atomic mass is 10.2. The Morgan fingerprint density at radius 3 is 2.55 bits per heavy atom. The molecular formula is C13H8BrFN2O3. The molecule has 2 N–H and O–H groups in total. The number of pyridine rings is 1. The van der Waals surface area contributed by atoms with Gasteiger partial charge in [0.15, 0.2) is 0 Å². The van der Waals surface area contributed by atoms with Crippen LogP contribution in [0.5, 0.6) is 0 Å². The van der Waals surface area contributed by atoms with Crippen molar-refractivity contribution in [3.63, 3.8) is 0 Å². The first-order chi connectivity index (χ1) is 9.49. The molecule has 1 amide bonds. The van der Waals surface area contributed by atoms with Crippen molar-refractivity contribution < 1.29 is 19.1 Å². The first-order valence-corrected chi connectivity index (χ1v) is 6.23. The summed E-state index contributed by atoms with van der Waals surface area (Å²) in [6, 6.07) is 6.80. The zero-order valence-electron chi connectivity index (χ0n) is 9.93. The van der Waals surface area contributed by atoms with Crippen LogP contribution in [0.25, 0.3) is 0 Å². The minimum atomic E-state index is -1.14. The maximum atomic E-state index is 13.6. The summed E-state index contributed by atoms with van der Waals surface area (Å²) in [4.78, 5) is 26.3. The fourth-order valence-corrected chi connectivity index (χ4v) is 1.89. The van der Waals surface area contributed by atoms with E-state index in [1.807, 2.05) is 0 Å². The molecule has 20 heavy (non-hydrogen) atoms. The molecule has 0 saturated heterocycles. The van der Waals surface area contributed by atoms with Gasteiger partial charge in [-0.25, -0.2) is 9.18 Å². The Hall–Kier alpha value is -2.28. The molecule has 0 aliphatic rings. The number of carboxylic acids is 1. The van der Waals surface area contributed by atoms with Gasteiger partial charge in [-0.05, 0) is 40.2 Å². The number of rotatable bonds is 3. The number of para-hydroxylation sites is 1. The molecule has 2 aromatic rings. The second kappa shape index (κ2) is 5.79. The molecule has 0 saturated carbocycles. The van der Waals surface area contributed by atoms with Crippen LogP contribution in [0.15, 0.2) is 41.0 Å². The molecule has 0 fully saturated rings. The number of anilines is 1. The first-order valence-electron chi connectivity index (χ1n) is 5.44. The lowest BCUT2D eigenvalue weighted by Gasteiger charge is -2.08. The molecule has 0 spiro atoms. The van der Waals surface area contributed by atoms with Crippen molar-refractivity contribution in [1.82, 2.24) is 4.98 Å². The van der Waals surface area contributed by atoms with Crippen LogP contribution in [0, 0.1) is 5.82 Å². The van der Waals surface area contributed by atoms with Gasteiger partial charge in [-0.1, -0.05) is 6.07 Å². The highest BCUT2D eigenvalue weighted by atomic mass is 79.9. The van der Waals surface area contributed by atoms with Gasteiger partial charge in [-0.2, -0.15) is 0 Å². The number of carboxylic acid groups (broad SMARTS) is 1. The van der Waals surface area contributed by atoms with E-state index >= 15 is 0 Å². The first kappa shape index (κ1) is 14.1. The average molecular weight is 339 g/mol. The monoisotopic (exact) mass is 338 g/mol. The number of carbonyl (C=O) groups excluding carboxylic acids is 1. The number of amides is 1. The molecule has 1 aromatic carbocycles. The van der Waals surface area contributed by atoms with E-state index in [9.17, 15) is 14.0 Å². The van der Waals surface area contributed by atoms with Gasteiger partial charge < -0.3 is 10.4 Å². The number of nitrogens with one attached hydrogen (secondary N) is 1. The Balaban J connectivity index is 2.22. The van der Waals surface area contributed by atoms with Gasteiger partial charge in [0.1, 0.15) is 11.5 Å². The van der Waals surface area contributed by atoms with E-state index in [2.05, 4.69) is 26.2 Å². The van der Waals surface area contributed by atoms with Gasteiger partial charge in [-0.15, -0.1) is 0 Å². The van der Waals surface area contributed by atoms with Crippen LogP contribution in [0.2, 0.25) is 0 Å². The Bertz CT molecular complexity index is 654. The van der Waals surface area contributed by atoms with Crippen molar-refractivity contribution >= 4 is 33.5 Å². The molecule has 2 rings (SSSR count). The Morgan fingerprint density at radius 1 is 1.25 bits per heavy atom. The number of nitrogens with zero attached hydrogens (tertiary/aromatic N) is 1. The minimum absolute atomic E-state index is 0.00149. The summed E-state index contributed by atoms with van der Waals surface area (Å²) in [5.41, 5.74) is -0.0413. The molecule has 1 aromatic heterocycles. The summed E-state index contributed by atoms with van der Waals surface area (Å²) < 4.78 is 13.9. The van der Waals surface area contributed by atoms with E-state index in [1.165, 1.54) is 24.3 Å². The summed E-state index contributed by atoms with van der Waals surface area (Å²) in [5.74, 6) is -2.36. The summed E-state index contributed by atoms with van der Waals surface area (Å²) in [6.45, 7) is 0. The van der Waals surface area contributed by atoms with E-state index in [4.69, 9.17) is 5.11 Å². The second-order valence-electron chi connectivity index (χ2n) is 3.79. The third-order valence-corrected chi connectivity index (χ3v) is 3.11. The number of aromatic carboxylic acids is 1. The summed E-state index contributed by atoms with van der Waals surface area (Å²) in [7, 11) is 0. The average Bonchev–Trinajstić information content (AvgIpc) is 2.43. The minimum Gasteiger partial charge on any atom is -0.478 e. The number of carbonyl (C=O) groups is 2. The molecule has 0 aliphatic heterocycles. The third-order valence-electron chi connectivity index (χ3n) is 2.44. The number of benzene rings is 1. The predicted octanol–water partition coefficient (Wildman–Crippen LogP) is 2.93. The highest BCUT2D eigenvalue weighted by Gasteiger charge is 2.13. The highest BCUT2D eigenvalue weighted by Crippen LogP contribution is 2.25. The number of hydrogen-bond acceptors (Lipinski definition) is 3. The van der Waals surface area contributed by atoms with Crippen molar-refractivity contribution in [2.75, 3.05) is 5.32 Å². The van der Waals surface area contributed by atoms with Crippen LogP contribution in [-0.4, -0.2) is 22.0 Å². The summed E-state index contributed by atoms with van der Waals surface area (Å²) in [6.07, 6.45) is 1.06. The molecule has 0 atom stereocenters. The smallest absolute Gasteiger partial charge is 0.337 e. The lowest BCUT2D eigenvalue weighted by Crippen LogP contribution is -2.15. The van der Waals surface area contributed by atoms with Crippen molar-refractivity contribution in [1.29, 1.82) is 0 Å². The van der Waals surface area contributed by atoms with E-state index in [1.54, 1.807) is 6.07 Å². The zero-order chi connectivity index (χ0) is 14.7. The van der Waals surface area contributed by atoms with Crippen molar-refractivity contribution in [2.45, 2.75) is 0 Å². The molecular weight excluding hydrogens is 331 g/mol. The predicted molar refractivity (Wildman–Crippen MR) is 73.2 cm³/mol. The van der Waals surface area contributed by atoms with E-state index in [0.29, 0.717) is 4.47 Å². The molecule has 102 valence electrons. The Morgan fingerprint density at radius 2 is 2.00 bits per heavy atom. The molecule has 0 aliphatic carbocycles. The fourth-order valence-electron chi connectivity index (χ4n) is 1.45. The van der Waals surface area contributed by atoms with Crippen molar-refractivity contribution in [3.05, 3.63) is 58.1 Å². The van der Waals surface area contributed by atoms with Gasteiger partial charge in [0.05, 0.1) is 11.3 Å².